The number of halogens is 3. The van der Waals surface area contributed by atoms with Gasteiger partial charge in [0.2, 0.25) is 11.8 Å². The van der Waals surface area contributed by atoms with E-state index in [2.05, 4.69) is 55.3 Å². The first-order chi connectivity index (χ1) is 37.0. The van der Waals surface area contributed by atoms with Crippen molar-refractivity contribution in [3.8, 4) is 11.6 Å². The summed E-state index contributed by atoms with van der Waals surface area (Å²) >= 11 is 0. The lowest BCUT2D eigenvalue weighted by Gasteiger charge is -2.35. The van der Waals surface area contributed by atoms with Crippen LogP contribution in [0, 0.1) is 53.2 Å². The smallest absolute Gasteiger partial charge is 0.340 e. The highest BCUT2D eigenvalue weighted by Crippen LogP contribution is 2.23. The number of esters is 1. The number of aromatic carboxylic acids is 1. The number of hydrogen-bond donors (Lipinski definition) is 1. The third-order valence-corrected chi connectivity index (χ3v) is 14.3. The molecule has 0 bridgehead atoms. The van der Waals surface area contributed by atoms with Crippen molar-refractivity contribution in [2.75, 3.05) is 59.5 Å². The van der Waals surface area contributed by atoms with E-state index >= 15 is 0 Å². The number of carboxylic acid groups (broad SMARTS) is 1. The Bertz CT molecular complexity index is 3520. The number of carbonyl (C=O) groups is 4. The average Bonchev–Trinajstić information content (AvgIpc) is 4.22. The molecule has 8 heterocycles. The fraction of sp³-hybridized carbons (Fsp3) is 0.396. The molecule has 2 aliphatic rings. The van der Waals surface area contributed by atoms with Gasteiger partial charge in [-0.15, -0.1) is 43.0 Å². The summed E-state index contributed by atoms with van der Waals surface area (Å²) in [5.41, 5.74) is 8.13. The number of ether oxygens (including phenoxy) is 1. The first kappa shape index (κ1) is 56.1. The summed E-state index contributed by atoms with van der Waals surface area (Å²) in [4.78, 5) is 56.7. The molecule has 0 spiro atoms. The van der Waals surface area contributed by atoms with E-state index in [1.165, 1.54) is 31.4 Å². The maximum Gasteiger partial charge on any atom is 0.340 e. The Hall–Kier alpha value is -8.09. The molecule has 2 aliphatic heterocycles. The Kier molecular flexibility index (Phi) is 17.3. The lowest BCUT2D eigenvalue weighted by atomic mass is 10.1. The normalized spacial score (nSPS) is 14.1. The first-order valence-electron chi connectivity index (χ1n) is 25.3. The lowest BCUT2D eigenvalue weighted by molar-refractivity contribution is -0.133. The number of amides is 2. The molecule has 78 heavy (non-hydrogen) atoms. The summed E-state index contributed by atoms with van der Waals surface area (Å²) in [6.07, 6.45) is 1.95. The summed E-state index contributed by atoms with van der Waals surface area (Å²) in [7, 11) is 1.23. The molecule has 1 N–H and O–H groups in total. The average molecular weight is 1090 g/mol. The highest BCUT2D eigenvalue weighted by atomic mass is 35.5. The van der Waals surface area contributed by atoms with Crippen LogP contribution in [0.4, 0.5) is 8.78 Å². The monoisotopic (exact) mass is 1090 g/mol. The minimum absolute atomic E-state index is 0. The summed E-state index contributed by atoms with van der Waals surface area (Å²) in [5.74, 6) is -0.382. The van der Waals surface area contributed by atoms with Crippen molar-refractivity contribution >= 4 is 47.5 Å². The fourth-order valence-corrected chi connectivity index (χ4v) is 9.89. The highest BCUT2D eigenvalue weighted by molar-refractivity contribution is 5.89. The van der Waals surface area contributed by atoms with E-state index in [-0.39, 0.29) is 35.3 Å². The molecule has 0 aliphatic carbocycles. The van der Waals surface area contributed by atoms with Crippen LogP contribution in [-0.2, 0) is 40.3 Å². The molecule has 410 valence electrons. The van der Waals surface area contributed by atoms with Crippen molar-refractivity contribution in [1.82, 2.24) is 78.8 Å². The maximum atomic E-state index is 14.3. The second-order valence-corrected chi connectivity index (χ2v) is 19.3. The molecule has 25 heteroatoms. The molecule has 6 aromatic heterocycles. The van der Waals surface area contributed by atoms with Gasteiger partial charge in [0.05, 0.1) is 29.6 Å². The van der Waals surface area contributed by atoms with Gasteiger partial charge in [-0.3, -0.25) is 19.4 Å². The maximum absolute atomic E-state index is 14.3. The number of nitrogens with zero attached hydrogens (tertiary/aromatic N) is 16. The van der Waals surface area contributed by atoms with Gasteiger partial charge in [0.15, 0.2) is 34.6 Å². The molecular formula is C53H61ClF2N16O6. The molecule has 8 aromatic rings. The molecule has 2 amide bonds. The topological polar surface area (TPSA) is 232 Å². The third kappa shape index (κ3) is 12.2. The Labute approximate surface area is 454 Å². The molecule has 0 unspecified atom stereocenters. The van der Waals surface area contributed by atoms with E-state index in [1.54, 1.807) is 30.5 Å². The predicted octanol–water partition coefficient (Wildman–Crippen LogP) is 5.21. The van der Waals surface area contributed by atoms with Gasteiger partial charge in [-0.2, -0.15) is 19.2 Å². The summed E-state index contributed by atoms with van der Waals surface area (Å²) in [5, 5.41) is 43.8. The van der Waals surface area contributed by atoms with Gasteiger partial charge in [0, 0.05) is 89.7 Å². The lowest BCUT2D eigenvalue weighted by Crippen LogP contribution is -2.48. The highest BCUT2D eigenvalue weighted by Gasteiger charge is 2.26. The minimum Gasteiger partial charge on any atom is -0.478 e. The molecule has 0 saturated carbocycles. The largest absolute Gasteiger partial charge is 0.478 e. The van der Waals surface area contributed by atoms with Crippen LogP contribution in [0.1, 0.15) is 90.2 Å². The van der Waals surface area contributed by atoms with Gasteiger partial charge in [-0.25, -0.2) is 27.7 Å². The van der Waals surface area contributed by atoms with Crippen LogP contribution in [0.5, 0.6) is 0 Å². The summed E-state index contributed by atoms with van der Waals surface area (Å²) in [6, 6.07) is 16.2. The van der Waals surface area contributed by atoms with E-state index in [9.17, 15) is 28.0 Å². The van der Waals surface area contributed by atoms with Crippen molar-refractivity contribution in [3.63, 3.8) is 0 Å². The second kappa shape index (κ2) is 24.1. The zero-order chi connectivity index (χ0) is 54.7. The molecule has 2 aromatic carbocycles. The van der Waals surface area contributed by atoms with Gasteiger partial charge >= 0.3 is 11.9 Å². The first-order valence-corrected chi connectivity index (χ1v) is 25.3. The van der Waals surface area contributed by atoms with Gasteiger partial charge < -0.3 is 19.6 Å². The Morgan fingerprint density at radius 2 is 0.962 bits per heavy atom. The van der Waals surface area contributed by atoms with Crippen molar-refractivity contribution in [2.45, 2.75) is 80.3 Å². The molecule has 22 nitrogen and oxygen atoms in total. The molecule has 0 atom stereocenters. The number of hydrogen-bond acceptors (Lipinski definition) is 15. The number of aromatic nitrogens is 12. The van der Waals surface area contributed by atoms with Gasteiger partial charge in [-0.05, 0) is 125 Å². The molecule has 10 rings (SSSR count). The number of carboxylic acids is 1. The van der Waals surface area contributed by atoms with Gasteiger partial charge in [-0.1, -0.05) is 12.1 Å². The van der Waals surface area contributed by atoms with E-state index in [0.29, 0.717) is 131 Å². The van der Waals surface area contributed by atoms with Crippen LogP contribution in [0.15, 0.2) is 60.7 Å². The quantitative estimate of drug-likeness (QED) is 0.138. The minimum atomic E-state index is -1.28. The van der Waals surface area contributed by atoms with E-state index in [1.807, 2.05) is 75.6 Å². The van der Waals surface area contributed by atoms with Crippen molar-refractivity contribution in [3.05, 3.63) is 140 Å². The third-order valence-electron chi connectivity index (χ3n) is 14.3. The van der Waals surface area contributed by atoms with Crippen molar-refractivity contribution < 1.29 is 37.8 Å². The van der Waals surface area contributed by atoms with Crippen LogP contribution < -0.4 is 0 Å². The van der Waals surface area contributed by atoms with Crippen LogP contribution in [-0.4, -0.2) is 167 Å². The molecule has 2 saturated heterocycles. The Balaban J connectivity index is 0.000000203. The van der Waals surface area contributed by atoms with E-state index < -0.39 is 23.6 Å². The van der Waals surface area contributed by atoms with Crippen molar-refractivity contribution in [1.29, 1.82) is 0 Å². The number of piperazine rings is 2. The number of rotatable bonds is 14. The predicted molar refractivity (Wildman–Crippen MR) is 283 cm³/mol. The van der Waals surface area contributed by atoms with E-state index in [0.717, 1.165) is 39.5 Å². The van der Waals surface area contributed by atoms with E-state index in [4.69, 9.17) is 5.11 Å². The molecule has 2 fully saturated rings. The fourth-order valence-electron chi connectivity index (χ4n) is 9.89. The number of fused-ring (bicyclic) bond motifs is 2. The zero-order valence-corrected chi connectivity index (χ0v) is 45.3. The molecular weight excluding hydrogens is 1030 g/mol. The summed E-state index contributed by atoms with van der Waals surface area (Å²) in [6.45, 7) is 17.7. The standard InChI is InChI=1S/C27H31FN8O3.C26H29FN8O3.ClH/c1-17-21(18(2)35(31-17)25-9-8-24-30-29-19(3)36(24)32-25)7-10-26(37)34-13-11-33(12-14-34)16-20-5-6-22(23(28)15-20)27(38)39-4;1-16-20(17(2)34(30-16)24-8-7-23-29-28-18(3)35(23)31-24)6-9-25(36)33-12-10-32(11-13-33)15-19-4-5-21(26(37)38)22(27)14-19;/h5-6,8-9,15H,7,10-14,16H2,1-4H3;4-5,7-8,14H,6,9-13,15H2,1-3H3,(H,37,38);1H. The van der Waals surface area contributed by atoms with Crippen LogP contribution in [0.25, 0.3) is 22.9 Å². The molecule has 0 radical (unpaired) electrons. The number of carbonyl (C=O) groups excluding carboxylic acids is 3. The summed E-state index contributed by atoms with van der Waals surface area (Å²) < 4.78 is 39.8. The second-order valence-electron chi connectivity index (χ2n) is 19.3. The van der Waals surface area contributed by atoms with Gasteiger partial charge in [0.25, 0.3) is 0 Å². The Morgan fingerprint density at radius 1 is 0.551 bits per heavy atom. The van der Waals surface area contributed by atoms with Crippen LogP contribution in [0.3, 0.4) is 0 Å². The Morgan fingerprint density at radius 3 is 1.35 bits per heavy atom. The van der Waals surface area contributed by atoms with Crippen LogP contribution in [0.2, 0.25) is 0 Å². The zero-order valence-electron chi connectivity index (χ0n) is 44.5. The number of benzene rings is 2. The van der Waals surface area contributed by atoms with Crippen LogP contribution >= 0.6 is 12.4 Å². The number of aryl methyl sites for hydroxylation is 4. The SMILES string of the molecule is COC(=O)c1ccc(CN2CCN(C(=O)CCc3c(C)nn(-c4ccc5nnc(C)n5n4)c3C)CC2)cc1F.Cc1nn(-c2ccc3nnc(C)n3n2)c(C)c1CCC(=O)N1CCN(Cc2ccc(C(=O)O)c(F)c2)CC1.Cl. The number of methoxy groups -OCH3 is 1. The van der Waals surface area contributed by atoms with Crippen molar-refractivity contribution in [2.24, 2.45) is 0 Å². The van der Waals surface area contributed by atoms with Gasteiger partial charge in [0.1, 0.15) is 11.6 Å².